The zero-order valence-electron chi connectivity index (χ0n) is 17.3. The minimum atomic E-state index is -0.437. The molecule has 1 N–H and O–H groups in total. The number of nitrogens with zero attached hydrogens (tertiary/aromatic N) is 3. The molecule has 7 heteroatoms. The van der Waals surface area contributed by atoms with Crippen molar-refractivity contribution in [3.05, 3.63) is 93.4 Å². The van der Waals surface area contributed by atoms with Gasteiger partial charge in [0.25, 0.3) is 11.5 Å². The van der Waals surface area contributed by atoms with Crippen LogP contribution in [0, 0.1) is 13.8 Å². The maximum absolute atomic E-state index is 12.7. The topological polar surface area (TPSA) is 84.3 Å². The maximum atomic E-state index is 12.7. The lowest BCUT2D eigenvalue weighted by Gasteiger charge is -2.17. The summed E-state index contributed by atoms with van der Waals surface area (Å²) >= 11 is 0. The molecule has 154 valence electrons. The van der Waals surface area contributed by atoms with Crippen molar-refractivity contribution < 1.29 is 9.59 Å². The highest BCUT2D eigenvalue weighted by Crippen LogP contribution is 2.16. The molecule has 0 unspecified atom stereocenters. The van der Waals surface area contributed by atoms with E-state index in [4.69, 9.17) is 0 Å². The van der Waals surface area contributed by atoms with Gasteiger partial charge in [0, 0.05) is 18.8 Å². The first-order valence-electron chi connectivity index (χ1n) is 9.58. The number of rotatable bonds is 6. The monoisotopic (exact) mass is 404 g/mol. The fraction of sp³-hybridized carbons (Fsp3) is 0.217. The van der Waals surface area contributed by atoms with Crippen LogP contribution in [0.15, 0.2) is 65.5 Å². The van der Waals surface area contributed by atoms with Crippen molar-refractivity contribution in [2.75, 3.05) is 18.9 Å². The first-order chi connectivity index (χ1) is 14.3. The fourth-order valence-corrected chi connectivity index (χ4v) is 2.98. The minimum Gasteiger partial charge on any atom is -0.331 e. The first-order valence-corrected chi connectivity index (χ1v) is 9.58. The van der Waals surface area contributed by atoms with E-state index in [0.29, 0.717) is 0 Å². The predicted octanol–water partition coefficient (Wildman–Crippen LogP) is 2.62. The van der Waals surface area contributed by atoms with Crippen LogP contribution in [0.1, 0.15) is 27.2 Å². The Morgan fingerprint density at radius 2 is 1.77 bits per heavy atom. The summed E-state index contributed by atoms with van der Waals surface area (Å²) in [7, 11) is 1.53. The van der Waals surface area contributed by atoms with Gasteiger partial charge in [-0.2, -0.15) is 5.10 Å². The summed E-state index contributed by atoms with van der Waals surface area (Å²) in [6.07, 6.45) is 0. The number of carbonyl (C=O) groups is 2. The summed E-state index contributed by atoms with van der Waals surface area (Å²) in [6, 6.07) is 17.9. The van der Waals surface area contributed by atoms with Crippen LogP contribution in [0.4, 0.5) is 5.69 Å². The van der Waals surface area contributed by atoms with E-state index in [1.54, 1.807) is 0 Å². The van der Waals surface area contributed by atoms with Gasteiger partial charge in [0.05, 0.1) is 13.1 Å². The van der Waals surface area contributed by atoms with Gasteiger partial charge in [-0.1, -0.05) is 42.5 Å². The third kappa shape index (κ3) is 5.20. The average molecular weight is 404 g/mol. The van der Waals surface area contributed by atoms with Gasteiger partial charge in [-0.3, -0.25) is 14.4 Å². The van der Waals surface area contributed by atoms with E-state index in [0.717, 1.165) is 22.4 Å². The molecule has 0 aliphatic heterocycles. The smallest absolute Gasteiger partial charge is 0.274 e. The summed E-state index contributed by atoms with van der Waals surface area (Å²) in [4.78, 5) is 38.5. The van der Waals surface area contributed by atoms with Crippen molar-refractivity contribution in [2.24, 2.45) is 0 Å². The number of hydrogen-bond donors (Lipinski definition) is 1. The molecule has 0 fully saturated rings. The van der Waals surface area contributed by atoms with Crippen molar-refractivity contribution in [2.45, 2.75) is 20.4 Å². The molecule has 0 atom stereocenters. The minimum absolute atomic E-state index is 0.104. The molecular weight excluding hydrogens is 380 g/mol. The van der Waals surface area contributed by atoms with Gasteiger partial charge < -0.3 is 10.2 Å². The van der Waals surface area contributed by atoms with Gasteiger partial charge in [-0.05, 0) is 42.7 Å². The highest BCUT2D eigenvalue weighted by Gasteiger charge is 2.18. The molecule has 2 aromatic carbocycles. The first kappa shape index (κ1) is 21.0. The number of nitrogens with one attached hydrogen (secondary N) is 1. The summed E-state index contributed by atoms with van der Waals surface area (Å²) in [5.74, 6) is -0.745. The highest BCUT2D eigenvalue weighted by molar-refractivity contribution is 5.98. The summed E-state index contributed by atoms with van der Waals surface area (Å²) in [5, 5.41) is 7.02. The number of amides is 2. The highest BCUT2D eigenvalue weighted by atomic mass is 16.2. The van der Waals surface area contributed by atoms with Gasteiger partial charge >= 0.3 is 0 Å². The van der Waals surface area contributed by atoms with E-state index >= 15 is 0 Å². The lowest BCUT2D eigenvalue weighted by molar-refractivity contribution is -0.116. The second kappa shape index (κ2) is 9.17. The lowest BCUT2D eigenvalue weighted by Crippen LogP contribution is -2.36. The Morgan fingerprint density at radius 3 is 2.50 bits per heavy atom. The van der Waals surface area contributed by atoms with Crippen LogP contribution in [0.2, 0.25) is 0 Å². The number of anilines is 1. The van der Waals surface area contributed by atoms with Crippen LogP contribution in [-0.2, 0) is 11.3 Å². The molecule has 3 rings (SSSR count). The van der Waals surface area contributed by atoms with Gasteiger partial charge in [0.1, 0.15) is 5.69 Å². The molecule has 0 saturated carbocycles. The van der Waals surface area contributed by atoms with Crippen molar-refractivity contribution in [1.29, 1.82) is 0 Å². The molecule has 3 aromatic rings. The third-order valence-electron chi connectivity index (χ3n) is 4.66. The summed E-state index contributed by atoms with van der Waals surface area (Å²) in [6.45, 7) is 3.98. The van der Waals surface area contributed by atoms with E-state index < -0.39 is 5.91 Å². The molecule has 2 amide bonds. The van der Waals surface area contributed by atoms with Gasteiger partial charge in [0.2, 0.25) is 5.91 Å². The molecule has 0 radical (unpaired) electrons. The quantitative estimate of drug-likeness (QED) is 0.685. The van der Waals surface area contributed by atoms with Crippen LogP contribution in [0.3, 0.4) is 0 Å². The Hall–Kier alpha value is -3.74. The molecule has 30 heavy (non-hydrogen) atoms. The largest absolute Gasteiger partial charge is 0.331 e. The molecule has 0 saturated heterocycles. The number of benzene rings is 2. The SMILES string of the molecule is Cc1ccc(C)c(NC(=O)CN(C)C(=O)c2ccc(=O)n(Cc3ccccc3)n2)c1. The second-order valence-electron chi connectivity index (χ2n) is 7.23. The molecule has 0 spiro atoms. The Bertz CT molecular complexity index is 1120. The van der Waals surface area contributed by atoms with E-state index in [9.17, 15) is 14.4 Å². The van der Waals surface area contributed by atoms with E-state index in [1.807, 2.05) is 62.4 Å². The van der Waals surface area contributed by atoms with Gasteiger partial charge in [0.15, 0.2) is 0 Å². The number of aromatic nitrogens is 2. The summed E-state index contributed by atoms with van der Waals surface area (Å²) in [5.41, 5.74) is 3.40. The van der Waals surface area contributed by atoms with Crippen LogP contribution in [-0.4, -0.2) is 40.1 Å². The van der Waals surface area contributed by atoms with Gasteiger partial charge in [-0.15, -0.1) is 0 Å². The third-order valence-corrected chi connectivity index (χ3v) is 4.66. The molecule has 0 bridgehead atoms. The number of aryl methyl sites for hydroxylation is 2. The summed E-state index contributed by atoms with van der Waals surface area (Å²) < 4.78 is 1.24. The molecular formula is C23H24N4O3. The molecule has 0 aliphatic carbocycles. The Labute approximate surface area is 175 Å². The number of hydrogen-bond acceptors (Lipinski definition) is 4. The van der Waals surface area contributed by atoms with Crippen molar-refractivity contribution in [1.82, 2.24) is 14.7 Å². The van der Waals surface area contributed by atoms with Crippen molar-refractivity contribution in [3.8, 4) is 0 Å². The Balaban J connectivity index is 1.69. The predicted molar refractivity (Wildman–Crippen MR) is 116 cm³/mol. The zero-order chi connectivity index (χ0) is 21.7. The number of carbonyl (C=O) groups excluding carboxylic acids is 2. The molecule has 1 aromatic heterocycles. The number of likely N-dealkylation sites (N-methyl/N-ethyl adjacent to an activating group) is 1. The van der Waals surface area contributed by atoms with E-state index in [-0.39, 0.29) is 30.2 Å². The van der Waals surface area contributed by atoms with Crippen LogP contribution < -0.4 is 10.9 Å². The molecule has 0 aliphatic rings. The molecule has 1 heterocycles. The Morgan fingerprint density at radius 1 is 1.03 bits per heavy atom. The maximum Gasteiger partial charge on any atom is 0.274 e. The average Bonchev–Trinajstić information content (AvgIpc) is 2.72. The lowest BCUT2D eigenvalue weighted by atomic mass is 10.1. The molecule has 7 nitrogen and oxygen atoms in total. The second-order valence-corrected chi connectivity index (χ2v) is 7.23. The van der Waals surface area contributed by atoms with Crippen LogP contribution in [0.5, 0.6) is 0 Å². The fourth-order valence-electron chi connectivity index (χ4n) is 2.98. The standard InChI is InChI=1S/C23H24N4O3/c1-16-9-10-17(2)20(13-16)24-21(28)15-26(3)23(30)19-11-12-22(29)27(25-19)14-18-7-5-4-6-8-18/h4-13H,14-15H2,1-3H3,(H,24,28). The van der Waals surface area contributed by atoms with Gasteiger partial charge in [-0.25, -0.2) is 4.68 Å². The van der Waals surface area contributed by atoms with Crippen molar-refractivity contribution in [3.63, 3.8) is 0 Å². The zero-order valence-corrected chi connectivity index (χ0v) is 17.3. The van der Waals surface area contributed by atoms with Crippen LogP contribution >= 0.6 is 0 Å². The van der Waals surface area contributed by atoms with Crippen molar-refractivity contribution >= 4 is 17.5 Å². The normalized spacial score (nSPS) is 10.5. The van der Waals surface area contributed by atoms with Crippen LogP contribution in [0.25, 0.3) is 0 Å². The van der Waals surface area contributed by atoms with E-state index in [1.165, 1.54) is 28.8 Å². The Kier molecular flexibility index (Phi) is 6.41. The van der Waals surface area contributed by atoms with E-state index in [2.05, 4.69) is 10.4 Å².